The molecule has 0 spiro atoms. The molecule has 0 fully saturated rings. The van der Waals surface area contributed by atoms with Crippen molar-refractivity contribution in [2.75, 3.05) is 27.2 Å². The van der Waals surface area contributed by atoms with Crippen molar-refractivity contribution in [2.24, 2.45) is 11.5 Å². The van der Waals surface area contributed by atoms with Crippen LogP contribution in [-0.4, -0.2) is 27.2 Å². The number of nitrogens with two attached hydrogens (primary N) is 2. The summed E-state index contributed by atoms with van der Waals surface area (Å²) >= 11 is 0. The third kappa shape index (κ3) is 25.8. The summed E-state index contributed by atoms with van der Waals surface area (Å²) in [7, 11) is 3.75. The number of hydrogen-bond donors (Lipinski definition) is 3. The lowest BCUT2D eigenvalue weighted by Gasteiger charge is -1.94. The third-order valence-corrected chi connectivity index (χ3v) is 1.16. The summed E-state index contributed by atoms with van der Waals surface area (Å²) in [6.07, 6.45) is 4.79. The van der Waals surface area contributed by atoms with Crippen LogP contribution in [-0.2, 0) is 0 Å². The second-order valence-corrected chi connectivity index (χ2v) is 2.49. The van der Waals surface area contributed by atoms with E-state index in [0.29, 0.717) is 0 Å². The van der Waals surface area contributed by atoms with Gasteiger partial charge >= 0.3 is 0 Å². The molecule has 3 nitrogen and oxygen atoms in total. The van der Waals surface area contributed by atoms with E-state index in [-0.39, 0.29) is 0 Å². The Morgan fingerprint density at radius 1 is 0.818 bits per heavy atom. The van der Waals surface area contributed by atoms with Gasteiger partial charge in [-0.25, -0.2) is 0 Å². The Bertz CT molecular complexity index is 42.6. The van der Waals surface area contributed by atoms with E-state index in [1.807, 2.05) is 14.1 Å². The Balaban J connectivity index is 0. The molecule has 0 aliphatic carbocycles. The third-order valence-electron chi connectivity index (χ3n) is 1.16. The highest BCUT2D eigenvalue weighted by atomic mass is 14.7. The molecule has 0 bridgehead atoms. The van der Waals surface area contributed by atoms with Crippen LogP contribution in [0.1, 0.15) is 25.7 Å². The maximum absolute atomic E-state index is 5.28. The molecule has 0 rings (SSSR count). The molecule has 0 atom stereocenters. The van der Waals surface area contributed by atoms with E-state index in [0.717, 1.165) is 25.9 Å². The molecule has 0 aliphatic heterocycles. The topological polar surface area (TPSA) is 64.1 Å². The molecule has 70 valence electrons. The van der Waals surface area contributed by atoms with E-state index < -0.39 is 0 Å². The predicted molar refractivity (Wildman–Crippen MR) is 51.6 cm³/mol. The lowest BCUT2D eigenvalue weighted by molar-refractivity contribution is 0.653. The van der Waals surface area contributed by atoms with E-state index in [1.165, 1.54) is 12.8 Å². The van der Waals surface area contributed by atoms with Gasteiger partial charge in [-0.1, -0.05) is 12.8 Å². The van der Waals surface area contributed by atoms with Crippen molar-refractivity contribution in [2.45, 2.75) is 25.7 Å². The largest absolute Gasteiger partial charge is 0.330 e. The first-order chi connectivity index (χ1) is 5.33. The number of rotatable bonds is 5. The molecular formula is C8H23N3. The van der Waals surface area contributed by atoms with E-state index in [1.54, 1.807) is 0 Å². The lowest BCUT2D eigenvalue weighted by Crippen LogP contribution is -2.00. The monoisotopic (exact) mass is 161 g/mol. The Labute approximate surface area is 70.5 Å². The fourth-order valence-electron chi connectivity index (χ4n) is 0.642. The normalized spacial score (nSPS) is 8.73. The Morgan fingerprint density at radius 3 is 1.27 bits per heavy atom. The number of hydrogen-bond acceptors (Lipinski definition) is 3. The van der Waals surface area contributed by atoms with Gasteiger partial charge in [0.1, 0.15) is 0 Å². The minimum Gasteiger partial charge on any atom is -0.330 e. The molecule has 0 amide bonds. The molecule has 0 aromatic carbocycles. The van der Waals surface area contributed by atoms with E-state index in [2.05, 4.69) is 5.32 Å². The molecular weight excluding hydrogens is 138 g/mol. The zero-order valence-electron chi connectivity index (χ0n) is 7.90. The van der Waals surface area contributed by atoms with Crippen molar-refractivity contribution < 1.29 is 0 Å². The highest BCUT2D eigenvalue weighted by Crippen LogP contribution is 1.95. The number of unbranched alkanes of at least 4 members (excludes halogenated alkanes) is 3. The van der Waals surface area contributed by atoms with Gasteiger partial charge in [0.2, 0.25) is 0 Å². The summed E-state index contributed by atoms with van der Waals surface area (Å²) in [6.45, 7) is 1.65. The minimum atomic E-state index is 0.824. The second kappa shape index (κ2) is 16.5. The van der Waals surface area contributed by atoms with Crippen LogP contribution in [0.2, 0.25) is 0 Å². The molecule has 3 heteroatoms. The maximum Gasteiger partial charge on any atom is -0.00773 e. The van der Waals surface area contributed by atoms with Gasteiger partial charge in [0.25, 0.3) is 0 Å². The molecule has 11 heavy (non-hydrogen) atoms. The van der Waals surface area contributed by atoms with Crippen molar-refractivity contribution in [1.29, 1.82) is 0 Å². The van der Waals surface area contributed by atoms with Gasteiger partial charge in [0.05, 0.1) is 0 Å². The molecule has 0 saturated heterocycles. The van der Waals surface area contributed by atoms with Gasteiger partial charge in [-0.2, -0.15) is 0 Å². The minimum absolute atomic E-state index is 0.824. The van der Waals surface area contributed by atoms with Crippen LogP contribution in [0.5, 0.6) is 0 Å². The van der Waals surface area contributed by atoms with Gasteiger partial charge in [-0.15, -0.1) is 0 Å². The van der Waals surface area contributed by atoms with Crippen molar-refractivity contribution >= 4 is 0 Å². The van der Waals surface area contributed by atoms with Gasteiger partial charge in [0.15, 0.2) is 0 Å². The average Bonchev–Trinajstić information content (AvgIpc) is 2.00. The molecule has 0 unspecified atom stereocenters. The smallest absolute Gasteiger partial charge is 0.00773 e. The lowest BCUT2D eigenvalue weighted by atomic mass is 10.2. The van der Waals surface area contributed by atoms with Gasteiger partial charge in [0, 0.05) is 0 Å². The number of nitrogens with one attached hydrogen (secondary N) is 1. The molecule has 0 heterocycles. The molecule has 5 N–H and O–H groups in total. The fraction of sp³-hybridized carbons (Fsp3) is 1.00. The SMILES string of the molecule is CNC.NCCCCCCN. The maximum atomic E-state index is 5.28. The van der Waals surface area contributed by atoms with E-state index in [4.69, 9.17) is 11.5 Å². The van der Waals surface area contributed by atoms with Crippen LogP contribution in [0.3, 0.4) is 0 Å². The molecule has 0 radical (unpaired) electrons. The van der Waals surface area contributed by atoms with Crippen molar-refractivity contribution in [3.63, 3.8) is 0 Å². The Kier molecular flexibility index (Phi) is 20.2. The molecule has 0 aromatic rings. The first kappa shape index (κ1) is 13.5. The zero-order valence-corrected chi connectivity index (χ0v) is 7.90. The van der Waals surface area contributed by atoms with Crippen LogP contribution in [0.4, 0.5) is 0 Å². The summed E-state index contributed by atoms with van der Waals surface area (Å²) in [4.78, 5) is 0. The molecule has 0 saturated carbocycles. The summed E-state index contributed by atoms with van der Waals surface area (Å²) < 4.78 is 0. The first-order valence-electron chi connectivity index (χ1n) is 4.32. The second-order valence-electron chi connectivity index (χ2n) is 2.49. The van der Waals surface area contributed by atoms with Crippen LogP contribution in [0.25, 0.3) is 0 Å². The van der Waals surface area contributed by atoms with Crippen molar-refractivity contribution in [3.8, 4) is 0 Å². The van der Waals surface area contributed by atoms with Gasteiger partial charge < -0.3 is 16.8 Å². The fourth-order valence-corrected chi connectivity index (χ4v) is 0.642. The first-order valence-corrected chi connectivity index (χ1v) is 4.32. The molecule has 0 aromatic heterocycles. The van der Waals surface area contributed by atoms with E-state index in [9.17, 15) is 0 Å². The standard InChI is InChI=1S/C6H16N2.C2H7N/c7-5-3-1-2-4-6-8;1-3-2/h1-8H2;3H,1-2H3. The summed E-state index contributed by atoms with van der Waals surface area (Å²) in [5.41, 5.74) is 10.6. The summed E-state index contributed by atoms with van der Waals surface area (Å²) in [5, 5.41) is 2.75. The molecule has 0 aliphatic rings. The highest BCUT2D eigenvalue weighted by molar-refractivity contribution is 4.43. The van der Waals surface area contributed by atoms with Crippen LogP contribution < -0.4 is 16.8 Å². The Hall–Kier alpha value is -0.120. The average molecular weight is 161 g/mol. The van der Waals surface area contributed by atoms with Gasteiger partial charge in [-0.05, 0) is 40.0 Å². The highest BCUT2D eigenvalue weighted by Gasteiger charge is 1.83. The van der Waals surface area contributed by atoms with E-state index >= 15 is 0 Å². The summed E-state index contributed by atoms with van der Waals surface area (Å²) in [5.74, 6) is 0. The van der Waals surface area contributed by atoms with Gasteiger partial charge in [-0.3, -0.25) is 0 Å². The van der Waals surface area contributed by atoms with Crippen molar-refractivity contribution in [1.82, 2.24) is 5.32 Å². The van der Waals surface area contributed by atoms with Crippen LogP contribution in [0.15, 0.2) is 0 Å². The quantitative estimate of drug-likeness (QED) is 0.508. The van der Waals surface area contributed by atoms with Crippen molar-refractivity contribution in [3.05, 3.63) is 0 Å². The summed E-state index contributed by atoms with van der Waals surface area (Å²) in [6, 6.07) is 0. The Morgan fingerprint density at radius 2 is 1.09 bits per heavy atom. The van der Waals surface area contributed by atoms with Crippen LogP contribution >= 0.6 is 0 Å². The van der Waals surface area contributed by atoms with Crippen LogP contribution in [0, 0.1) is 0 Å². The predicted octanol–water partition coefficient (Wildman–Crippen LogP) is 0.300. The zero-order chi connectivity index (χ0) is 8.95.